The van der Waals surface area contributed by atoms with Crippen LogP contribution < -0.4 is 5.73 Å². The minimum absolute atomic E-state index is 0.699. The molecule has 0 atom stereocenters. The predicted octanol–water partition coefficient (Wildman–Crippen LogP) is 0.797. The quantitative estimate of drug-likeness (QED) is 0.408. The van der Waals surface area contributed by atoms with Crippen LogP contribution in [-0.4, -0.2) is 11.7 Å². The smallest absolute Gasteiger partial charge is 0.0751 e. The first kappa shape index (κ1) is 6.50. The zero-order valence-electron chi connectivity index (χ0n) is 4.30. The third-order valence-electron chi connectivity index (χ3n) is 0.680. The van der Waals surface area contributed by atoms with Gasteiger partial charge < -0.3 is 10.8 Å². The number of aliphatic hydroxyl groups excluding tert-OH is 1. The number of nitrogens with two attached hydrogens (primary N) is 1. The molecule has 2 heteroatoms. The van der Waals surface area contributed by atoms with Gasteiger partial charge in [0.05, 0.1) is 6.26 Å². The molecule has 42 valence electrons. The van der Waals surface area contributed by atoms with E-state index >= 15 is 0 Å². The molecule has 0 rings (SSSR count). The van der Waals surface area contributed by atoms with Crippen molar-refractivity contribution in [2.45, 2.75) is 12.8 Å². The van der Waals surface area contributed by atoms with E-state index in [9.17, 15) is 0 Å². The molecule has 0 fully saturated rings. The van der Waals surface area contributed by atoms with Gasteiger partial charge >= 0.3 is 0 Å². The van der Waals surface area contributed by atoms with E-state index in [4.69, 9.17) is 10.8 Å². The van der Waals surface area contributed by atoms with E-state index in [-0.39, 0.29) is 0 Å². The Kier molecular flexibility index (Phi) is 5.11. The lowest BCUT2D eigenvalue weighted by Crippen LogP contribution is -1.96. The maximum Gasteiger partial charge on any atom is 0.0751 e. The Bertz CT molecular complexity index is 52.0. The maximum atomic E-state index is 8.07. The third-order valence-corrected chi connectivity index (χ3v) is 0.680. The van der Waals surface area contributed by atoms with Crippen LogP contribution in [0.5, 0.6) is 0 Å². The zero-order valence-corrected chi connectivity index (χ0v) is 4.30. The largest absolute Gasteiger partial charge is 0.516 e. The number of aliphatic hydroxyl groups is 1. The average Bonchev–Trinajstić information content (AvgIpc) is 1.69. The van der Waals surface area contributed by atoms with Crippen molar-refractivity contribution in [1.82, 2.24) is 0 Å². The summed E-state index contributed by atoms with van der Waals surface area (Å²) in [6.07, 6.45) is 4.58. The molecule has 0 saturated carbocycles. The second kappa shape index (κ2) is 5.50. The summed E-state index contributed by atoms with van der Waals surface area (Å²) in [6.45, 7) is 0.699. The minimum atomic E-state index is 0.699. The van der Waals surface area contributed by atoms with Crippen molar-refractivity contribution in [3.63, 3.8) is 0 Å². The molecule has 3 N–H and O–H groups in total. The van der Waals surface area contributed by atoms with E-state index in [2.05, 4.69) is 0 Å². The number of hydrogen-bond donors (Lipinski definition) is 2. The first-order chi connectivity index (χ1) is 3.41. The standard InChI is InChI=1S/C5H11NO/c6-4-2-1-3-5-7/h3,5,7H,1-2,4,6H2/b5-3-. The van der Waals surface area contributed by atoms with Crippen LogP contribution in [0.4, 0.5) is 0 Å². The summed E-state index contributed by atoms with van der Waals surface area (Å²) in [7, 11) is 0. The molecule has 0 heterocycles. The molecule has 0 aromatic carbocycles. The first-order valence-corrected chi connectivity index (χ1v) is 2.41. The van der Waals surface area contributed by atoms with Crippen LogP contribution in [0.1, 0.15) is 12.8 Å². The van der Waals surface area contributed by atoms with Crippen LogP contribution in [0.2, 0.25) is 0 Å². The topological polar surface area (TPSA) is 46.2 Å². The molecule has 0 aromatic rings. The van der Waals surface area contributed by atoms with E-state index in [1.165, 1.54) is 0 Å². The number of hydrogen-bond acceptors (Lipinski definition) is 2. The second-order valence-electron chi connectivity index (χ2n) is 1.32. The van der Waals surface area contributed by atoms with Gasteiger partial charge in [0.2, 0.25) is 0 Å². The lowest BCUT2D eigenvalue weighted by Gasteiger charge is -1.83. The van der Waals surface area contributed by atoms with E-state index in [0.29, 0.717) is 6.54 Å². The van der Waals surface area contributed by atoms with Crippen molar-refractivity contribution in [3.05, 3.63) is 12.3 Å². The summed E-state index contributed by atoms with van der Waals surface area (Å²) in [5.74, 6) is 0. The highest BCUT2D eigenvalue weighted by Gasteiger charge is 1.73. The molecule has 0 aliphatic rings. The third kappa shape index (κ3) is 5.50. The van der Waals surface area contributed by atoms with E-state index in [0.717, 1.165) is 19.1 Å². The zero-order chi connectivity index (χ0) is 5.54. The van der Waals surface area contributed by atoms with Crippen molar-refractivity contribution < 1.29 is 5.11 Å². The normalized spacial score (nSPS) is 10.4. The van der Waals surface area contributed by atoms with Crippen molar-refractivity contribution >= 4 is 0 Å². The lowest BCUT2D eigenvalue weighted by molar-refractivity contribution is 0.470. The summed E-state index contributed by atoms with van der Waals surface area (Å²) in [4.78, 5) is 0. The number of rotatable bonds is 3. The van der Waals surface area contributed by atoms with Gasteiger partial charge in [-0.15, -0.1) is 0 Å². The van der Waals surface area contributed by atoms with Gasteiger partial charge in [-0.1, -0.05) is 6.08 Å². The summed E-state index contributed by atoms with van der Waals surface area (Å²) in [5.41, 5.74) is 5.15. The Balaban J connectivity index is 2.69. The Morgan fingerprint density at radius 2 is 2.29 bits per heavy atom. The molecule has 0 bridgehead atoms. The highest BCUT2D eigenvalue weighted by Crippen LogP contribution is 1.84. The summed E-state index contributed by atoms with van der Waals surface area (Å²) >= 11 is 0. The summed E-state index contributed by atoms with van der Waals surface area (Å²) in [5, 5.41) is 8.07. The molecular weight excluding hydrogens is 90.1 g/mol. The van der Waals surface area contributed by atoms with Gasteiger partial charge in [0, 0.05) is 0 Å². The highest BCUT2D eigenvalue weighted by atomic mass is 16.2. The van der Waals surface area contributed by atoms with Crippen LogP contribution in [0, 0.1) is 0 Å². The fourth-order valence-electron chi connectivity index (χ4n) is 0.310. The van der Waals surface area contributed by atoms with Crippen LogP contribution in [0.3, 0.4) is 0 Å². The molecule has 0 unspecified atom stereocenters. The van der Waals surface area contributed by atoms with Crippen LogP contribution in [-0.2, 0) is 0 Å². The molecule has 0 saturated heterocycles. The van der Waals surface area contributed by atoms with Crippen LogP contribution in [0.15, 0.2) is 12.3 Å². The van der Waals surface area contributed by atoms with Gasteiger partial charge in [0.25, 0.3) is 0 Å². The molecule has 0 aromatic heterocycles. The molecule has 2 nitrogen and oxygen atoms in total. The molecule has 0 amide bonds. The monoisotopic (exact) mass is 101 g/mol. The second-order valence-corrected chi connectivity index (χ2v) is 1.32. The van der Waals surface area contributed by atoms with E-state index < -0.39 is 0 Å². The van der Waals surface area contributed by atoms with E-state index in [1.807, 2.05) is 0 Å². The number of unbranched alkanes of at least 4 members (excludes halogenated alkanes) is 1. The summed E-state index contributed by atoms with van der Waals surface area (Å²) in [6, 6.07) is 0. The predicted molar refractivity (Wildman–Crippen MR) is 30.1 cm³/mol. The highest BCUT2D eigenvalue weighted by molar-refractivity contribution is 4.70. The summed E-state index contributed by atoms with van der Waals surface area (Å²) < 4.78 is 0. The average molecular weight is 101 g/mol. The van der Waals surface area contributed by atoms with Crippen molar-refractivity contribution in [2.75, 3.05) is 6.54 Å². The van der Waals surface area contributed by atoms with Crippen LogP contribution >= 0.6 is 0 Å². The van der Waals surface area contributed by atoms with Gasteiger partial charge in [0.15, 0.2) is 0 Å². The molecular formula is C5H11NO. The fourth-order valence-corrected chi connectivity index (χ4v) is 0.310. The van der Waals surface area contributed by atoms with Crippen molar-refractivity contribution in [1.29, 1.82) is 0 Å². The molecule has 0 aliphatic carbocycles. The fraction of sp³-hybridized carbons (Fsp3) is 0.600. The number of allylic oxidation sites excluding steroid dienone is 1. The SMILES string of the molecule is NCCC/C=C\O. The van der Waals surface area contributed by atoms with Gasteiger partial charge in [-0.25, -0.2) is 0 Å². The molecule has 0 spiro atoms. The van der Waals surface area contributed by atoms with Crippen molar-refractivity contribution in [3.8, 4) is 0 Å². The van der Waals surface area contributed by atoms with Gasteiger partial charge in [-0.05, 0) is 19.4 Å². The lowest BCUT2D eigenvalue weighted by atomic mass is 10.3. The Hall–Kier alpha value is -0.500. The van der Waals surface area contributed by atoms with Crippen LogP contribution in [0.25, 0.3) is 0 Å². The van der Waals surface area contributed by atoms with E-state index in [1.54, 1.807) is 6.08 Å². The first-order valence-electron chi connectivity index (χ1n) is 2.41. The van der Waals surface area contributed by atoms with Crippen molar-refractivity contribution in [2.24, 2.45) is 5.73 Å². The van der Waals surface area contributed by atoms with Gasteiger partial charge in [-0.3, -0.25) is 0 Å². The van der Waals surface area contributed by atoms with Gasteiger partial charge in [-0.2, -0.15) is 0 Å². The Labute approximate surface area is 43.6 Å². The van der Waals surface area contributed by atoms with Gasteiger partial charge in [0.1, 0.15) is 0 Å². The Morgan fingerprint density at radius 3 is 2.71 bits per heavy atom. The maximum absolute atomic E-state index is 8.07. The molecule has 0 aliphatic heterocycles. The molecule has 7 heavy (non-hydrogen) atoms. The molecule has 0 radical (unpaired) electrons. The Morgan fingerprint density at radius 1 is 1.57 bits per heavy atom. The minimum Gasteiger partial charge on any atom is -0.516 e.